The van der Waals surface area contributed by atoms with Crippen LogP contribution in [0.3, 0.4) is 0 Å². The third-order valence-corrected chi connectivity index (χ3v) is 2.74. The summed E-state index contributed by atoms with van der Waals surface area (Å²) in [5.41, 5.74) is 2.25. The van der Waals surface area contributed by atoms with Gasteiger partial charge in [-0.05, 0) is 26.3 Å². The molecule has 1 unspecified atom stereocenters. The molecular formula is C16H38N4O2. The first-order valence-electron chi connectivity index (χ1n) is 8.42. The van der Waals surface area contributed by atoms with Gasteiger partial charge in [0.2, 0.25) is 0 Å². The van der Waals surface area contributed by atoms with Gasteiger partial charge in [-0.3, -0.25) is 11.3 Å². The second-order valence-corrected chi connectivity index (χ2v) is 4.95. The lowest BCUT2D eigenvalue weighted by Crippen LogP contribution is -2.13. The van der Waals surface area contributed by atoms with Crippen molar-refractivity contribution in [2.24, 2.45) is 16.1 Å². The monoisotopic (exact) mass is 318 g/mol. The predicted molar refractivity (Wildman–Crippen MR) is 93.6 cm³/mol. The number of nitrogens with one attached hydrogen (secondary N) is 1. The Labute approximate surface area is 136 Å². The molecule has 0 aromatic rings. The Bertz CT molecular complexity index is 214. The molecule has 0 radical (unpaired) electrons. The highest BCUT2D eigenvalue weighted by molar-refractivity contribution is 5.48. The quantitative estimate of drug-likeness (QED) is 0.178. The number of nitrogens with zero attached hydrogens (tertiary/aromatic N) is 2. The average Bonchev–Trinajstić information content (AvgIpc) is 2.50. The first-order valence-corrected chi connectivity index (χ1v) is 8.42. The summed E-state index contributed by atoms with van der Waals surface area (Å²) in [6, 6.07) is 0. The van der Waals surface area contributed by atoms with E-state index in [9.17, 15) is 4.79 Å². The number of carbonyl (C=O) groups excluding carboxylic acids is 1. The molecule has 0 aliphatic rings. The minimum atomic E-state index is -0.572. The Balaban J connectivity index is -0.000000288. The van der Waals surface area contributed by atoms with Crippen molar-refractivity contribution < 1.29 is 9.90 Å². The van der Waals surface area contributed by atoms with E-state index in [1.165, 1.54) is 38.5 Å². The topological polar surface area (TPSA) is 100 Å². The van der Waals surface area contributed by atoms with Gasteiger partial charge >= 0.3 is 0 Å². The summed E-state index contributed by atoms with van der Waals surface area (Å²) in [4.78, 5) is 9.77. The first kappa shape index (κ1) is 26.1. The van der Waals surface area contributed by atoms with E-state index in [0.717, 1.165) is 32.0 Å². The standard InChI is InChI=1S/C8H18N2O.C7H14O.CH6N2/c1-3-4-5-6-7-8(11)10-9-2;1-2-3-4-5-6-7-8;1-3-2/h8,11H,3-7H2,1-2H3;7H,2-6H2,1H3;3H,2H2,1H3. The molecule has 0 aliphatic heterocycles. The molecule has 6 nitrogen and oxygen atoms in total. The molecule has 134 valence electrons. The van der Waals surface area contributed by atoms with Crippen LogP contribution in [-0.2, 0) is 4.79 Å². The van der Waals surface area contributed by atoms with E-state index in [1.54, 1.807) is 14.1 Å². The lowest BCUT2D eigenvalue weighted by atomic mass is 10.1. The fourth-order valence-corrected chi connectivity index (χ4v) is 1.60. The highest BCUT2D eigenvalue weighted by atomic mass is 16.3. The van der Waals surface area contributed by atoms with Gasteiger partial charge in [0, 0.05) is 13.5 Å². The lowest BCUT2D eigenvalue weighted by Gasteiger charge is -2.01. The Morgan fingerprint density at radius 1 is 1.09 bits per heavy atom. The number of hydrazine groups is 1. The van der Waals surface area contributed by atoms with Crippen LogP contribution >= 0.6 is 0 Å². The zero-order chi connectivity index (χ0) is 17.5. The van der Waals surface area contributed by atoms with Gasteiger partial charge in [0.05, 0.1) is 0 Å². The number of aliphatic hydroxyl groups is 1. The molecule has 1 atom stereocenters. The number of carbonyl (C=O) groups is 1. The molecule has 0 saturated carbocycles. The van der Waals surface area contributed by atoms with E-state index < -0.39 is 6.23 Å². The number of aldehydes is 1. The minimum absolute atomic E-state index is 0.572. The van der Waals surface area contributed by atoms with E-state index in [-0.39, 0.29) is 0 Å². The van der Waals surface area contributed by atoms with Crippen LogP contribution in [0.15, 0.2) is 10.2 Å². The number of unbranched alkanes of at least 4 members (excludes halogenated alkanes) is 7. The van der Waals surface area contributed by atoms with Crippen LogP contribution in [0.2, 0.25) is 0 Å². The Kier molecular flexibility index (Phi) is 33.6. The second-order valence-electron chi connectivity index (χ2n) is 4.95. The first-order chi connectivity index (χ1) is 10.6. The maximum Gasteiger partial charge on any atom is 0.165 e. The van der Waals surface area contributed by atoms with Crippen molar-refractivity contribution in [2.45, 2.75) is 84.3 Å². The van der Waals surface area contributed by atoms with Crippen molar-refractivity contribution >= 4 is 6.29 Å². The van der Waals surface area contributed by atoms with Crippen molar-refractivity contribution in [3.8, 4) is 0 Å². The summed E-state index contributed by atoms with van der Waals surface area (Å²) in [6.07, 6.45) is 11.4. The number of aliphatic hydroxyl groups excluding tert-OH is 1. The smallest absolute Gasteiger partial charge is 0.165 e. The van der Waals surface area contributed by atoms with E-state index in [2.05, 4.69) is 35.3 Å². The normalized spacial score (nSPS) is 11.2. The van der Waals surface area contributed by atoms with Crippen LogP contribution < -0.4 is 11.3 Å². The van der Waals surface area contributed by atoms with Gasteiger partial charge in [-0.25, -0.2) is 0 Å². The zero-order valence-corrected chi connectivity index (χ0v) is 15.1. The van der Waals surface area contributed by atoms with Gasteiger partial charge in [0.1, 0.15) is 6.29 Å². The summed E-state index contributed by atoms with van der Waals surface area (Å²) >= 11 is 0. The van der Waals surface area contributed by atoms with Crippen LogP contribution in [0.4, 0.5) is 0 Å². The van der Waals surface area contributed by atoms with Crippen LogP contribution in [0, 0.1) is 0 Å². The van der Waals surface area contributed by atoms with Gasteiger partial charge in [-0.15, -0.1) is 0 Å². The SMILES string of the molecule is CCCCCCC(O)N=NC.CCCCCCC=O.CNN. The molecule has 0 bridgehead atoms. The summed E-state index contributed by atoms with van der Waals surface area (Å²) < 4.78 is 0. The highest BCUT2D eigenvalue weighted by Gasteiger charge is 1.98. The van der Waals surface area contributed by atoms with Crippen LogP contribution in [-0.4, -0.2) is 31.7 Å². The van der Waals surface area contributed by atoms with Crippen LogP contribution in [0.5, 0.6) is 0 Å². The molecule has 0 aromatic carbocycles. The molecule has 0 aromatic heterocycles. The second kappa shape index (κ2) is 28.3. The Hall–Kier alpha value is -0.850. The number of hydrogen-bond acceptors (Lipinski definition) is 6. The average molecular weight is 319 g/mol. The molecule has 22 heavy (non-hydrogen) atoms. The number of azo groups is 1. The van der Waals surface area contributed by atoms with Crippen molar-refractivity contribution in [2.75, 3.05) is 14.1 Å². The fourth-order valence-electron chi connectivity index (χ4n) is 1.60. The number of hydrogen-bond donors (Lipinski definition) is 3. The molecule has 0 saturated heterocycles. The number of nitrogens with two attached hydrogens (primary N) is 1. The molecule has 0 amide bonds. The molecule has 0 aliphatic carbocycles. The number of rotatable bonds is 11. The zero-order valence-electron chi connectivity index (χ0n) is 15.1. The molecule has 0 fully saturated rings. The van der Waals surface area contributed by atoms with E-state index in [4.69, 9.17) is 5.11 Å². The summed E-state index contributed by atoms with van der Waals surface area (Å²) in [6.45, 7) is 4.34. The summed E-state index contributed by atoms with van der Waals surface area (Å²) in [5, 5.41) is 16.2. The molecule has 0 heterocycles. The van der Waals surface area contributed by atoms with E-state index in [0.29, 0.717) is 0 Å². The van der Waals surface area contributed by atoms with Crippen molar-refractivity contribution in [1.29, 1.82) is 0 Å². The summed E-state index contributed by atoms with van der Waals surface area (Å²) in [5.74, 6) is 4.60. The van der Waals surface area contributed by atoms with Crippen molar-refractivity contribution in [3.63, 3.8) is 0 Å². The largest absolute Gasteiger partial charge is 0.370 e. The molecule has 6 heteroatoms. The molecule has 0 spiro atoms. The summed E-state index contributed by atoms with van der Waals surface area (Å²) in [7, 11) is 3.23. The predicted octanol–water partition coefficient (Wildman–Crippen LogP) is 3.59. The van der Waals surface area contributed by atoms with E-state index in [1.807, 2.05) is 0 Å². The Morgan fingerprint density at radius 3 is 2.00 bits per heavy atom. The highest BCUT2D eigenvalue weighted by Crippen LogP contribution is 2.05. The molecule has 0 rings (SSSR count). The third-order valence-electron chi connectivity index (χ3n) is 2.74. The van der Waals surface area contributed by atoms with E-state index >= 15 is 0 Å². The minimum Gasteiger partial charge on any atom is -0.370 e. The van der Waals surface area contributed by atoms with Gasteiger partial charge < -0.3 is 9.90 Å². The van der Waals surface area contributed by atoms with Gasteiger partial charge in [-0.2, -0.15) is 10.2 Å². The third kappa shape index (κ3) is 36.5. The molecule has 4 N–H and O–H groups in total. The molecular weight excluding hydrogens is 280 g/mol. The van der Waals surface area contributed by atoms with Crippen LogP contribution in [0.1, 0.15) is 78.1 Å². The van der Waals surface area contributed by atoms with Crippen molar-refractivity contribution in [3.05, 3.63) is 0 Å². The fraction of sp³-hybridized carbons (Fsp3) is 0.938. The van der Waals surface area contributed by atoms with Gasteiger partial charge in [0.25, 0.3) is 0 Å². The maximum atomic E-state index is 9.77. The van der Waals surface area contributed by atoms with Crippen LogP contribution in [0.25, 0.3) is 0 Å². The van der Waals surface area contributed by atoms with Crippen molar-refractivity contribution in [1.82, 2.24) is 5.43 Å². The Morgan fingerprint density at radius 2 is 1.59 bits per heavy atom. The van der Waals surface area contributed by atoms with Gasteiger partial charge in [-0.1, -0.05) is 52.4 Å². The lowest BCUT2D eigenvalue weighted by molar-refractivity contribution is -0.107. The maximum absolute atomic E-state index is 9.77. The van der Waals surface area contributed by atoms with Gasteiger partial charge in [0.15, 0.2) is 6.23 Å².